The molecule has 0 bridgehead atoms. The standard InChI is InChI=1S/C14H16ClN3O/c1-9-17-14(18-19-9)8-16-13-6-11(7-13)10-3-2-4-12(15)5-10/h2-5,11,13,16H,6-8H2,1H3. The van der Waals surface area contributed by atoms with E-state index in [4.69, 9.17) is 16.1 Å². The Labute approximate surface area is 117 Å². The van der Waals surface area contributed by atoms with Gasteiger partial charge in [-0.2, -0.15) is 4.98 Å². The third-order valence-corrected chi connectivity index (χ3v) is 3.81. The van der Waals surface area contributed by atoms with Gasteiger partial charge in [0, 0.05) is 18.0 Å². The van der Waals surface area contributed by atoms with Crippen LogP contribution in [0.1, 0.15) is 36.0 Å². The number of nitrogens with zero attached hydrogens (tertiary/aromatic N) is 2. The molecular formula is C14H16ClN3O. The van der Waals surface area contributed by atoms with E-state index in [1.165, 1.54) is 5.56 Å². The molecule has 0 radical (unpaired) electrons. The number of hydrogen-bond acceptors (Lipinski definition) is 4. The van der Waals surface area contributed by atoms with E-state index in [1.807, 2.05) is 12.1 Å². The molecule has 0 unspecified atom stereocenters. The van der Waals surface area contributed by atoms with Gasteiger partial charge in [-0.25, -0.2) is 0 Å². The molecule has 0 amide bonds. The summed E-state index contributed by atoms with van der Waals surface area (Å²) < 4.78 is 4.94. The monoisotopic (exact) mass is 277 g/mol. The number of benzene rings is 1. The summed E-state index contributed by atoms with van der Waals surface area (Å²) in [5.41, 5.74) is 1.33. The molecule has 1 fully saturated rings. The van der Waals surface area contributed by atoms with Crippen LogP contribution in [-0.2, 0) is 6.54 Å². The fourth-order valence-corrected chi connectivity index (χ4v) is 2.66. The Hall–Kier alpha value is -1.39. The van der Waals surface area contributed by atoms with Crippen molar-refractivity contribution >= 4 is 11.6 Å². The van der Waals surface area contributed by atoms with Gasteiger partial charge in [0.25, 0.3) is 0 Å². The minimum Gasteiger partial charge on any atom is -0.340 e. The first kappa shape index (κ1) is 12.6. The van der Waals surface area contributed by atoms with Crippen LogP contribution < -0.4 is 5.32 Å². The Morgan fingerprint density at radius 2 is 2.26 bits per heavy atom. The van der Waals surface area contributed by atoms with Crippen LogP contribution in [0.25, 0.3) is 0 Å². The molecule has 0 atom stereocenters. The molecule has 1 heterocycles. The Kier molecular flexibility index (Phi) is 3.53. The van der Waals surface area contributed by atoms with Crippen molar-refractivity contribution in [2.24, 2.45) is 0 Å². The molecule has 19 heavy (non-hydrogen) atoms. The average Bonchev–Trinajstić information content (AvgIpc) is 2.73. The molecule has 0 aliphatic heterocycles. The lowest BCUT2D eigenvalue weighted by Gasteiger charge is -2.36. The lowest BCUT2D eigenvalue weighted by atomic mass is 9.76. The van der Waals surface area contributed by atoms with Crippen LogP contribution in [0.2, 0.25) is 5.02 Å². The van der Waals surface area contributed by atoms with E-state index < -0.39 is 0 Å². The maximum atomic E-state index is 6.01. The number of rotatable bonds is 4. The molecule has 1 N–H and O–H groups in total. The number of hydrogen-bond donors (Lipinski definition) is 1. The zero-order chi connectivity index (χ0) is 13.2. The zero-order valence-electron chi connectivity index (χ0n) is 10.8. The molecule has 1 aromatic heterocycles. The van der Waals surface area contributed by atoms with Crippen LogP contribution in [0.3, 0.4) is 0 Å². The third-order valence-electron chi connectivity index (χ3n) is 3.58. The maximum Gasteiger partial charge on any atom is 0.223 e. The first-order valence-corrected chi connectivity index (χ1v) is 6.86. The van der Waals surface area contributed by atoms with E-state index in [9.17, 15) is 0 Å². The van der Waals surface area contributed by atoms with Crippen LogP contribution in [-0.4, -0.2) is 16.2 Å². The van der Waals surface area contributed by atoms with Crippen molar-refractivity contribution in [3.63, 3.8) is 0 Å². The molecule has 3 rings (SSSR count). The van der Waals surface area contributed by atoms with Crippen molar-refractivity contribution in [3.05, 3.63) is 46.6 Å². The summed E-state index contributed by atoms with van der Waals surface area (Å²) >= 11 is 6.01. The van der Waals surface area contributed by atoms with Crippen LogP contribution >= 0.6 is 11.6 Å². The summed E-state index contributed by atoms with van der Waals surface area (Å²) in [5.74, 6) is 1.95. The van der Waals surface area contributed by atoms with Crippen molar-refractivity contribution < 1.29 is 4.52 Å². The van der Waals surface area contributed by atoms with Gasteiger partial charge >= 0.3 is 0 Å². The van der Waals surface area contributed by atoms with Crippen molar-refractivity contribution in [2.45, 2.75) is 38.3 Å². The second-order valence-electron chi connectivity index (χ2n) is 5.03. The van der Waals surface area contributed by atoms with Crippen LogP contribution in [0.15, 0.2) is 28.8 Å². The summed E-state index contributed by atoms with van der Waals surface area (Å²) in [7, 11) is 0. The van der Waals surface area contributed by atoms with Gasteiger partial charge in [0.05, 0.1) is 6.54 Å². The summed E-state index contributed by atoms with van der Waals surface area (Å²) in [6.45, 7) is 2.47. The summed E-state index contributed by atoms with van der Waals surface area (Å²) in [6.07, 6.45) is 2.27. The number of aryl methyl sites for hydroxylation is 1. The first-order valence-electron chi connectivity index (χ1n) is 6.49. The molecule has 1 aromatic carbocycles. The van der Waals surface area contributed by atoms with E-state index in [-0.39, 0.29) is 0 Å². The minimum absolute atomic E-state index is 0.530. The smallest absolute Gasteiger partial charge is 0.223 e. The van der Waals surface area contributed by atoms with Crippen LogP contribution in [0.4, 0.5) is 0 Å². The minimum atomic E-state index is 0.530. The number of halogens is 1. The van der Waals surface area contributed by atoms with Crippen molar-refractivity contribution in [2.75, 3.05) is 0 Å². The van der Waals surface area contributed by atoms with Gasteiger partial charge in [0.1, 0.15) is 0 Å². The molecule has 0 saturated heterocycles. The highest BCUT2D eigenvalue weighted by atomic mass is 35.5. The van der Waals surface area contributed by atoms with Crippen molar-refractivity contribution in [3.8, 4) is 0 Å². The predicted molar refractivity (Wildman–Crippen MR) is 73.1 cm³/mol. The van der Waals surface area contributed by atoms with E-state index in [0.717, 1.165) is 23.7 Å². The second-order valence-corrected chi connectivity index (χ2v) is 5.47. The Bertz CT molecular complexity index is 563. The van der Waals surface area contributed by atoms with Gasteiger partial charge in [-0.15, -0.1) is 0 Å². The van der Waals surface area contributed by atoms with Gasteiger partial charge in [-0.1, -0.05) is 28.9 Å². The van der Waals surface area contributed by atoms with Crippen molar-refractivity contribution in [1.82, 2.24) is 15.5 Å². The van der Waals surface area contributed by atoms with E-state index in [1.54, 1.807) is 6.92 Å². The molecule has 1 aliphatic rings. The molecule has 1 saturated carbocycles. The van der Waals surface area contributed by atoms with Gasteiger partial charge in [0.2, 0.25) is 5.89 Å². The SMILES string of the molecule is Cc1nc(CNC2CC(c3cccc(Cl)c3)C2)no1. The van der Waals surface area contributed by atoms with Gasteiger partial charge in [-0.05, 0) is 36.5 Å². The Morgan fingerprint density at radius 3 is 2.95 bits per heavy atom. The summed E-state index contributed by atoms with van der Waals surface area (Å²) in [5, 5.41) is 8.13. The summed E-state index contributed by atoms with van der Waals surface area (Å²) in [6, 6.07) is 8.67. The predicted octanol–water partition coefficient (Wildman–Crippen LogP) is 3.07. The van der Waals surface area contributed by atoms with E-state index in [0.29, 0.717) is 24.4 Å². The van der Waals surface area contributed by atoms with Gasteiger partial charge in [0.15, 0.2) is 5.82 Å². The second kappa shape index (κ2) is 5.31. The Morgan fingerprint density at radius 1 is 1.42 bits per heavy atom. The topological polar surface area (TPSA) is 51.0 Å². The molecule has 100 valence electrons. The third kappa shape index (κ3) is 2.96. The molecule has 0 spiro atoms. The molecule has 1 aliphatic carbocycles. The van der Waals surface area contributed by atoms with E-state index >= 15 is 0 Å². The highest BCUT2D eigenvalue weighted by Gasteiger charge is 2.30. The highest BCUT2D eigenvalue weighted by Crippen LogP contribution is 2.37. The van der Waals surface area contributed by atoms with Gasteiger partial charge in [-0.3, -0.25) is 0 Å². The highest BCUT2D eigenvalue weighted by molar-refractivity contribution is 6.30. The normalized spacial score (nSPS) is 22.2. The van der Waals surface area contributed by atoms with Crippen molar-refractivity contribution in [1.29, 1.82) is 0 Å². The maximum absolute atomic E-state index is 6.01. The summed E-state index contributed by atoms with van der Waals surface area (Å²) in [4.78, 5) is 4.17. The molecule has 4 nitrogen and oxygen atoms in total. The lowest BCUT2D eigenvalue weighted by Crippen LogP contribution is -2.39. The lowest BCUT2D eigenvalue weighted by molar-refractivity contribution is 0.285. The largest absolute Gasteiger partial charge is 0.340 e. The Balaban J connectivity index is 1.48. The van der Waals surface area contributed by atoms with Crippen LogP contribution in [0, 0.1) is 6.92 Å². The first-order chi connectivity index (χ1) is 9.20. The van der Waals surface area contributed by atoms with Crippen LogP contribution in [0.5, 0.6) is 0 Å². The number of aromatic nitrogens is 2. The van der Waals surface area contributed by atoms with Gasteiger partial charge < -0.3 is 9.84 Å². The fraction of sp³-hybridized carbons (Fsp3) is 0.429. The quantitative estimate of drug-likeness (QED) is 0.933. The van der Waals surface area contributed by atoms with E-state index in [2.05, 4.69) is 27.6 Å². The number of nitrogens with one attached hydrogen (secondary N) is 1. The molecule has 5 heteroatoms. The molecule has 2 aromatic rings. The zero-order valence-corrected chi connectivity index (χ0v) is 11.5. The molecular weight excluding hydrogens is 262 g/mol. The average molecular weight is 278 g/mol. The fourth-order valence-electron chi connectivity index (χ4n) is 2.47.